The monoisotopic (exact) mass is 480 g/mol. The third-order valence-electron chi connectivity index (χ3n) is 4.93. The summed E-state index contributed by atoms with van der Waals surface area (Å²) in [5, 5.41) is 13.1. The van der Waals surface area contributed by atoms with Gasteiger partial charge >= 0.3 is 12.3 Å². The number of hydrogen-bond donors (Lipinski definition) is 2. The highest BCUT2D eigenvalue weighted by Gasteiger charge is 2.55. The van der Waals surface area contributed by atoms with Gasteiger partial charge in [0.15, 0.2) is 5.60 Å². The molecule has 1 atom stereocenters. The van der Waals surface area contributed by atoms with Crippen molar-refractivity contribution in [3.63, 3.8) is 0 Å². The van der Waals surface area contributed by atoms with Crippen molar-refractivity contribution in [2.45, 2.75) is 70.3 Å². The molecule has 0 aliphatic heterocycles. The molecule has 0 saturated carbocycles. The van der Waals surface area contributed by atoms with E-state index in [2.05, 4.69) is 22.1 Å². The van der Waals surface area contributed by atoms with Crippen molar-refractivity contribution in [3.8, 4) is 11.8 Å². The van der Waals surface area contributed by atoms with Crippen LogP contribution in [0.15, 0.2) is 42.7 Å². The summed E-state index contributed by atoms with van der Waals surface area (Å²) in [5.74, 6) is 4.37. The predicted molar refractivity (Wildman–Crippen MR) is 121 cm³/mol. The van der Waals surface area contributed by atoms with Crippen LogP contribution in [0.25, 0.3) is 0 Å². The van der Waals surface area contributed by atoms with Crippen molar-refractivity contribution in [1.29, 1.82) is 0 Å². The summed E-state index contributed by atoms with van der Waals surface area (Å²) in [6.45, 7) is 8.04. The van der Waals surface area contributed by atoms with Crippen LogP contribution in [0.5, 0.6) is 0 Å². The summed E-state index contributed by atoms with van der Waals surface area (Å²) >= 11 is 0. The van der Waals surface area contributed by atoms with Gasteiger partial charge in [0.1, 0.15) is 11.4 Å². The van der Waals surface area contributed by atoms with Crippen molar-refractivity contribution >= 4 is 11.8 Å². The number of nitrogens with zero attached hydrogens (tertiary/aromatic N) is 1. The molecule has 1 aromatic carbocycles. The number of rotatable bonds is 5. The van der Waals surface area contributed by atoms with Gasteiger partial charge in [0, 0.05) is 12.6 Å². The third-order valence-corrected chi connectivity index (χ3v) is 4.93. The van der Waals surface area contributed by atoms with Gasteiger partial charge in [0.2, 0.25) is 0 Å². The molecule has 0 saturated heterocycles. The Morgan fingerprint density at radius 2 is 1.82 bits per heavy atom. The molecule has 0 bridgehead atoms. The number of hydrogen-bond acceptors (Lipinski definition) is 4. The molecule has 0 radical (unpaired) electrons. The zero-order valence-corrected chi connectivity index (χ0v) is 19.7. The molecule has 5 nitrogen and oxygen atoms in total. The van der Waals surface area contributed by atoms with Crippen LogP contribution in [0.1, 0.15) is 58.6 Å². The van der Waals surface area contributed by atoms with E-state index in [9.17, 15) is 27.5 Å². The van der Waals surface area contributed by atoms with E-state index in [1.54, 1.807) is 20.8 Å². The zero-order valence-electron chi connectivity index (χ0n) is 19.7. The second-order valence-corrected chi connectivity index (χ2v) is 9.63. The quantitative estimate of drug-likeness (QED) is 0.409. The largest absolute Gasteiger partial charge is 0.444 e. The number of aromatic nitrogens is 1. The smallest absolute Gasteiger partial charge is 0.418 e. The SMILES string of the molecule is CC(C)(C)OC(=O)Nc1cnccc1C#CCC(O)(CC(C)(C)c1cccc(F)c1)C(F)(F)F. The van der Waals surface area contributed by atoms with Crippen LogP contribution < -0.4 is 5.32 Å². The minimum absolute atomic E-state index is 0.153. The molecule has 1 amide bonds. The number of ether oxygens (including phenoxy) is 1. The molecule has 1 heterocycles. The van der Waals surface area contributed by atoms with E-state index in [0.29, 0.717) is 5.56 Å². The Hall–Kier alpha value is -3.12. The number of aliphatic hydroxyl groups is 1. The lowest BCUT2D eigenvalue weighted by Gasteiger charge is -2.37. The number of alkyl halides is 3. The van der Waals surface area contributed by atoms with E-state index >= 15 is 0 Å². The Balaban J connectivity index is 2.28. The van der Waals surface area contributed by atoms with Crippen LogP contribution in [0, 0.1) is 17.7 Å². The maximum atomic E-state index is 13.9. The number of halogens is 4. The number of benzene rings is 1. The van der Waals surface area contributed by atoms with E-state index in [-0.39, 0.29) is 11.3 Å². The van der Waals surface area contributed by atoms with Crippen molar-refractivity contribution in [2.24, 2.45) is 0 Å². The fourth-order valence-corrected chi connectivity index (χ4v) is 3.31. The minimum Gasteiger partial charge on any atom is -0.444 e. The van der Waals surface area contributed by atoms with E-state index in [0.717, 1.165) is 6.07 Å². The fourth-order valence-electron chi connectivity index (χ4n) is 3.31. The van der Waals surface area contributed by atoms with Gasteiger partial charge in [-0.15, -0.1) is 0 Å². The van der Waals surface area contributed by atoms with E-state index < -0.39 is 47.5 Å². The van der Waals surface area contributed by atoms with Crippen LogP contribution in [-0.2, 0) is 10.2 Å². The summed E-state index contributed by atoms with van der Waals surface area (Å²) in [6, 6.07) is 6.67. The summed E-state index contributed by atoms with van der Waals surface area (Å²) in [7, 11) is 0. The summed E-state index contributed by atoms with van der Waals surface area (Å²) in [6.07, 6.45) is -4.76. The molecule has 1 aromatic heterocycles. The Bertz CT molecular complexity index is 1080. The van der Waals surface area contributed by atoms with Crippen molar-refractivity contribution in [1.82, 2.24) is 4.98 Å². The maximum Gasteiger partial charge on any atom is 0.418 e. The molecule has 2 aromatic rings. The fraction of sp³-hybridized carbons (Fsp3) is 0.440. The number of carbonyl (C=O) groups is 1. The van der Waals surface area contributed by atoms with Crippen LogP contribution in [0.4, 0.5) is 28.0 Å². The Morgan fingerprint density at radius 1 is 1.15 bits per heavy atom. The molecular formula is C25H28F4N2O3. The second kappa shape index (κ2) is 10.0. The van der Waals surface area contributed by atoms with Gasteiger partial charge in [-0.05, 0) is 56.4 Å². The first-order valence-corrected chi connectivity index (χ1v) is 10.5. The van der Waals surface area contributed by atoms with E-state index in [4.69, 9.17) is 4.74 Å². The zero-order chi connectivity index (χ0) is 25.8. The van der Waals surface area contributed by atoms with Gasteiger partial charge in [-0.2, -0.15) is 13.2 Å². The average molecular weight is 481 g/mol. The molecule has 184 valence electrons. The molecule has 9 heteroatoms. The number of carbonyl (C=O) groups excluding carboxylic acids is 1. The summed E-state index contributed by atoms with van der Waals surface area (Å²) in [5.41, 5.74) is -4.43. The van der Waals surface area contributed by atoms with Crippen molar-refractivity contribution in [2.75, 3.05) is 5.32 Å². The normalized spacial score (nSPS) is 13.9. The first-order chi connectivity index (χ1) is 15.5. The predicted octanol–water partition coefficient (Wildman–Crippen LogP) is 5.97. The first-order valence-electron chi connectivity index (χ1n) is 10.5. The topological polar surface area (TPSA) is 71.5 Å². The van der Waals surface area contributed by atoms with Crippen LogP contribution in [0.2, 0.25) is 0 Å². The van der Waals surface area contributed by atoms with Crippen molar-refractivity contribution < 1.29 is 32.2 Å². The van der Waals surface area contributed by atoms with Gasteiger partial charge in [-0.25, -0.2) is 9.18 Å². The van der Waals surface area contributed by atoms with Gasteiger partial charge < -0.3 is 9.84 Å². The Morgan fingerprint density at radius 3 is 2.41 bits per heavy atom. The highest BCUT2D eigenvalue weighted by atomic mass is 19.4. The Labute approximate surface area is 196 Å². The lowest BCUT2D eigenvalue weighted by molar-refractivity contribution is -0.264. The maximum absolute atomic E-state index is 13.9. The average Bonchev–Trinajstić information content (AvgIpc) is 2.66. The van der Waals surface area contributed by atoms with E-state index in [1.165, 1.54) is 50.5 Å². The molecule has 0 spiro atoms. The van der Waals surface area contributed by atoms with Gasteiger partial charge in [0.25, 0.3) is 0 Å². The number of pyridine rings is 1. The minimum atomic E-state index is -4.98. The number of nitrogens with one attached hydrogen (secondary N) is 1. The van der Waals surface area contributed by atoms with Crippen molar-refractivity contribution in [3.05, 3.63) is 59.7 Å². The molecular weight excluding hydrogens is 452 g/mol. The number of amides is 1. The first kappa shape index (κ1) is 27.1. The molecule has 2 N–H and O–H groups in total. The summed E-state index contributed by atoms with van der Waals surface area (Å²) < 4.78 is 60.5. The highest BCUT2D eigenvalue weighted by molar-refractivity contribution is 5.86. The van der Waals surface area contributed by atoms with Gasteiger partial charge in [0.05, 0.1) is 17.4 Å². The standard InChI is InChI=1S/C25H28F4N2O3/c1-22(2,3)34-21(32)31-20-15-30-13-11-17(20)8-7-12-24(33,25(27,28)29)16-23(4,5)18-9-6-10-19(26)14-18/h6,9-11,13-15,33H,12,16H2,1-5H3,(H,31,32). The van der Waals surface area contributed by atoms with Crippen LogP contribution >= 0.6 is 0 Å². The van der Waals surface area contributed by atoms with E-state index in [1.807, 2.05) is 0 Å². The summed E-state index contributed by atoms with van der Waals surface area (Å²) in [4.78, 5) is 15.9. The lowest BCUT2D eigenvalue weighted by Crippen LogP contribution is -2.48. The molecule has 0 fully saturated rings. The molecule has 0 aliphatic rings. The highest BCUT2D eigenvalue weighted by Crippen LogP contribution is 2.43. The molecule has 34 heavy (non-hydrogen) atoms. The molecule has 2 rings (SSSR count). The third kappa shape index (κ3) is 7.45. The molecule has 0 aliphatic carbocycles. The lowest BCUT2D eigenvalue weighted by atomic mass is 9.74. The van der Waals surface area contributed by atoms with Gasteiger partial charge in [-0.3, -0.25) is 10.3 Å². The van der Waals surface area contributed by atoms with Gasteiger partial charge in [-0.1, -0.05) is 37.8 Å². The van der Waals surface area contributed by atoms with Crippen LogP contribution in [0.3, 0.4) is 0 Å². The molecule has 1 unspecified atom stereocenters. The second-order valence-electron chi connectivity index (χ2n) is 9.63. The number of anilines is 1. The Kier molecular flexibility index (Phi) is 7.99. The van der Waals surface area contributed by atoms with Crippen LogP contribution in [-0.4, -0.2) is 33.6 Å².